The number of morpholine rings is 1. The van der Waals surface area contributed by atoms with E-state index in [0.717, 1.165) is 51.5 Å². The van der Waals surface area contributed by atoms with Crippen molar-refractivity contribution in [2.24, 2.45) is 11.7 Å². The maximum atomic E-state index is 12.0. The Labute approximate surface area is 135 Å². The van der Waals surface area contributed by atoms with E-state index in [-0.39, 0.29) is 11.9 Å². The molecule has 0 aliphatic carbocycles. The molecule has 3 unspecified atom stereocenters. The molecule has 2 heterocycles. The number of carbonyl (C=O) groups is 1. The fraction of sp³-hybridized carbons (Fsp3) is 0.941. The van der Waals surface area contributed by atoms with Gasteiger partial charge in [0.25, 0.3) is 0 Å². The Balaban J connectivity index is 1.66. The quantitative estimate of drug-likeness (QED) is 0.835. The van der Waals surface area contributed by atoms with E-state index in [1.165, 1.54) is 6.42 Å². The Morgan fingerprint density at radius 1 is 1.23 bits per heavy atom. The van der Waals surface area contributed by atoms with Gasteiger partial charge in [-0.15, -0.1) is 0 Å². The SMILES string of the molecule is CC(N)CC(=O)N1CCC(CCN2CC(C)OC(C)C2)CC1. The minimum Gasteiger partial charge on any atom is -0.373 e. The third-order valence-electron chi connectivity index (χ3n) is 4.81. The molecule has 2 rings (SSSR count). The van der Waals surface area contributed by atoms with E-state index in [4.69, 9.17) is 10.5 Å². The van der Waals surface area contributed by atoms with E-state index < -0.39 is 0 Å². The lowest BCUT2D eigenvalue weighted by Gasteiger charge is -2.37. The fourth-order valence-corrected chi connectivity index (χ4v) is 3.71. The van der Waals surface area contributed by atoms with Gasteiger partial charge in [-0.3, -0.25) is 9.69 Å². The van der Waals surface area contributed by atoms with Crippen molar-refractivity contribution >= 4 is 5.91 Å². The molecule has 0 aromatic carbocycles. The lowest BCUT2D eigenvalue weighted by atomic mass is 9.93. The molecule has 2 fully saturated rings. The van der Waals surface area contributed by atoms with E-state index in [2.05, 4.69) is 18.7 Å². The number of ether oxygens (including phenoxy) is 1. The van der Waals surface area contributed by atoms with Crippen LogP contribution in [0.25, 0.3) is 0 Å². The summed E-state index contributed by atoms with van der Waals surface area (Å²) in [7, 11) is 0. The van der Waals surface area contributed by atoms with Crippen molar-refractivity contribution in [1.82, 2.24) is 9.80 Å². The molecule has 0 radical (unpaired) electrons. The number of likely N-dealkylation sites (tertiary alicyclic amines) is 1. The molecule has 22 heavy (non-hydrogen) atoms. The largest absolute Gasteiger partial charge is 0.373 e. The molecule has 0 aromatic rings. The molecule has 2 aliphatic rings. The monoisotopic (exact) mass is 311 g/mol. The molecular formula is C17H33N3O2. The van der Waals surface area contributed by atoms with Crippen LogP contribution >= 0.6 is 0 Å². The summed E-state index contributed by atoms with van der Waals surface area (Å²) in [4.78, 5) is 16.5. The predicted molar refractivity (Wildman–Crippen MR) is 88.6 cm³/mol. The molecular weight excluding hydrogens is 278 g/mol. The molecule has 0 spiro atoms. The molecule has 2 saturated heterocycles. The second-order valence-electron chi connectivity index (χ2n) is 7.31. The fourth-order valence-electron chi connectivity index (χ4n) is 3.71. The van der Waals surface area contributed by atoms with Gasteiger partial charge < -0.3 is 15.4 Å². The van der Waals surface area contributed by atoms with Gasteiger partial charge in [-0.2, -0.15) is 0 Å². The Bertz CT molecular complexity index is 344. The van der Waals surface area contributed by atoms with Gasteiger partial charge in [0, 0.05) is 38.6 Å². The third kappa shape index (κ3) is 5.52. The van der Waals surface area contributed by atoms with Crippen LogP contribution in [0.4, 0.5) is 0 Å². The van der Waals surface area contributed by atoms with Crippen LogP contribution in [0.1, 0.15) is 46.5 Å². The summed E-state index contributed by atoms with van der Waals surface area (Å²) in [5.41, 5.74) is 5.72. The van der Waals surface area contributed by atoms with E-state index in [9.17, 15) is 4.79 Å². The summed E-state index contributed by atoms with van der Waals surface area (Å²) >= 11 is 0. The Kier molecular flexibility index (Phi) is 6.66. The van der Waals surface area contributed by atoms with Crippen molar-refractivity contribution in [2.75, 3.05) is 32.7 Å². The highest BCUT2D eigenvalue weighted by Gasteiger charge is 2.25. The van der Waals surface area contributed by atoms with Crippen molar-refractivity contribution in [3.05, 3.63) is 0 Å². The minimum absolute atomic E-state index is 0.0319. The summed E-state index contributed by atoms with van der Waals surface area (Å²) < 4.78 is 5.78. The zero-order chi connectivity index (χ0) is 16.1. The molecule has 5 nitrogen and oxygen atoms in total. The van der Waals surface area contributed by atoms with Gasteiger partial charge in [0.15, 0.2) is 0 Å². The zero-order valence-corrected chi connectivity index (χ0v) is 14.5. The highest BCUT2D eigenvalue weighted by Crippen LogP contribution is 2.22. The molecule has 0 aromatic heterocycles. The van der Waals surface area contributed by atoms with Crippen molar-refractivity contribution in [3.8, 4) is 0 Å². The highest BCUT2D eigenvalue weighted by atomic mass is 16.5. The lowest BCUT2D eigenvalue weighted by molar-refractivity contribution is -0.132. The van der Waals surface area contributed by atoms with Crippen molar-refractivity contribution in [3.63, 3.8) is 0 Å². The number of rotatable bonds is 5. The first-order valence-corrected chi connectivity index (χ1v) is 8.85. The van der Waals surface area contributed by atoms with E-state index in [0.29, 0.717) is 18.6 Å². The van der Waals surface area contributed by atoms with Crippen LogP contribution in [0.5, 0.6) is 0 Å². The van der Waals surface area contributed by atoms with Gasteiger partial charge in [0.2, 0.25) is 5.91 Å². The topological polar surface area (TPSA) is 58.8 Å². The van der Waals surface area contributed by atoms with Gasteiger partial charge in [0.05, 0.1) is 12.2 Å². The third-order valence-corrected chi connectivity index (χ3v) is 4.81. The van der Waals surface area contributed by atoms with E-state index in [1.807, 2.05) is 11.8 Å². The Morgan fingerprint density at radius 3 is 2.36 bits per heavy atom. The van der Waals surface area contributed by atoms with E-state index in [1.54, 1.807) is 0 Å². The van der Waals surface area contributed by atoms with Crippen LogP contribution in [-0.2, 0) is 9.53 Å². The van der Waals surface area contributed by atoms with Crippen molar-refractivity contribution in [1.29, 1.82) is 0 Å². The summed E-state index contributed by atoms with van der Waals surface area (Å²) in [6.07, 6.45) is 4.70. The molecule has 2 aliphatic heterocycles. The average Bonchev–Trinajstić information content (AvgIpc) is 2.44. The Morgan fingerprint density at radius 2 is 1.82 bits per heavy atom. The number of amides is 1. The molecule has 1 amide bonds. The number of carbonyl (C=O) groups excluding carboxylic acids is 1. The molecule has 5 heteroatoms. The first-order chi connectivity index (χ1) is 10.4. The second kappa shape index (κ2) is 8.27. The van der Waals surface area contributed by atoms with Gasteiger partial charge in [-0.1, -0.05) is 0 Å². The summed E-state index contributed by atoms with van der Waals surface area (Å²) in [5.74, 6) is 0.983. The van der Waals surface area contributed by atoms with Gasteiger partial charge in [0.1, 0.15) is 0 Å². The molecule has 0 saturated carbocycles. The van der Waals surface area contributed by atoms with E-state index >= 15 is 0 Å². The standard InChI is InChI=1S/C17H33N3O2/c1-13(18)10-17(21)20-8-5-16(6-9-20)4-7-19-11-14(2)22-15(3)12-19/h13-16H,4-12,18H2,1-3H3. The number of hydrogen-bond acceptors (Lipinski definition) is 4. The first kappa shape index (κ1) is 17.7. The zero-order valence-electron chi connectivity index (χ0n) is 14.5. The van der Waals surface area contributed by atoms with Crippen LogP contribution in [0, 0.1) is 5.92 Å². The number of hydrogen-bond donors (Lipinski definition) is 1. The van der Waals surface area contributed by atoms with Gasteiger partial charge in [-0.05, 0) is 52.5 Å². The maximum absolute atomic E-state index is 12.0. The second-order valence-corrected chi connectivity index (χ2v) is 7.31. The molecule has 128 valence electrons. The van der Waals surface area contributed by atoms with Gasteiger partial charge >= 0.3 is 0 Å². The predicted octanol–water partition coefficient (Wildman–Crippen LogP) is 1.46. The first-order valence-electron chi connectivity index (χ1n) is 8.85. The van der Waals surface area contributed by atoms with Crippen LogP contribution < -0.4 is 5.73 Å². The Hall–Kier alpha value is -0.650. The smallest absolute Gasteiger partial charge is 0.224 e. The van der Waals surface area contributed by atoms with Crippen LogP contribution in [-0.4, -0.2) is 66.7 Å². The lowest BCUT2D eigenvalue weighted by Crippen LogP contribution is -2.46. The number of nitrogens with two attached hydrogens (primary N) is 1. The van der Waals surface area contributed by atoms with Crippen LogP contribution in [0.2, 0.25) is 0 Å². The molecule has 0 bridgehead atoms. The highest BCUT2D eigenvalue weighted by molar-refractivity contribution is 5.76. The van der Waals surface area contributed by atoms with Crippen molar-refractivity contribution < 1.29 is 9.53 Å². The normalized spacial score (nSPS) is 29.5. The van der Waals surface area contributed by atoms with Crippen LogP contribution in [0.3, 0.4) is 0 Å². The maximum Gasteiger partial charge on any atom is 0.224 e. The average molecular weight is 311 g/mol. The van der Waals surface area contributed by atoms with Crippen LogP contribution in [0.15, 0.2) is 0 Å². The molecule has 3 atom stereocenters. The summed E-state index contributed by atoms with van der Waals surface area (Å²) in [5, 5.41) is 0. The van der Waals surface area contributed by atoms with Gasteiger partial charge in [-0.25, -0.2) is 0 Å². The minimum atomic E-state index is -0.0319. The molecule has 2 N–H and O–H groups in total. The number of nitrogens with zero attached hydrogens (tertiary/aromatic N) is 2. The number of piperidine rings is 1. The van der Waals surface area contributed by atoms with Crippen molar-refractivity contribution in [2.45, 2.75) is 64.7 Å². The summed E-state index contributed by atoms with van der Waals surface area (Å²) in [6, 6.07) is -0.0319. The summed E-state index contributed by atoms with van der Waals surface area (Å²) in [6.45, 7) is 11.3.